The molecule has 5 nitrogen and oxygen atoms in total. The number of nitrogens with one attached hydrogen (secondary N) is 2. The van der Waals surface area contributed by atoms with E-state index in [1.54, 1.807) is 0 Å². The van der Waals surface area contributed by atoms with Crippen molar-refractivity contribution in [2.75, 3.05) is 16.4 Å². The maximum Gasteiger partial charge on any atom is 0.235 e. The SMILES string of the molecule is CC(C)(C)CC(=O)Nc1cccc(SCC(=O)Nc2scc(-c3ccccc3)c2C#N)c1. The normalized spacial score (nSPS) is 10.9. The van der Waals surface area contributed by atoms with Crippen LogP contribution in [0.5, 0.6) is 0 Å². The zero-order valence-corrected chi connectivity index (χ0v) is 19.9. The van der Waals surface area contributed by atoms with E-state index in [0.29, 0.717) is 22.7 Å². The second-order valence-corrected chi connectivity index (χ2v) is 10.4. The summed E-state index contributed by atoms with van der Waals surface area (Å²) in [7, 11) is 0. The van der Waals surface area contributed by atoms with Gasteiger partial charge in [-0.25, -0.2) is 0 Å². The van der Waals surface area contributed by atoms with E-state index in [9.17, 15) is 14.9 Å². The molecule has 0 bridgehead atoms. The molecule has 0 unspecified atom stereocenters. The molecule has 1 heterocycles. The van der Waals surface area contributed by atoms with Gasteiger partial charge in [-0.05, 0) is 29.2 Å². The largest absolute Gasteiger partial charge is 0.326 e. The van der Waals surface area contributed by atoms with Gasteiger partial charge in [-0.15, -0.1) is 23.1 Å². The van der Waals surface area contributed by atoms with E-state index in [-0.39, 0.29) is 23.0 Å². The maximum atomic E-state index is 12.5. The fourth-order valence-electron chi connectivity index (χ4n) is 3.05. The summed E-state index contributed by atoms with van der Waals surface area (Å²) >= 11 is 2.73. The van der Waals surface area contributed by atoms with Crippen molar-refractivity contribution in [2.24, 2.45) is 5.41 Å². The zero-order chi connectivity index (χ0) is 23.1. The Balaban J connectivity index is 1.60. The van der Waals surface area contributed by atoms with E-state index in [2.05, 4.69) is 16.7 Å². The van der Waals surface area contributed by atoms with Gasteiger partial charge in [0, 0.05) is 27.9 Å². The van der Waals surface area contributed by atoms with Crippen molar-refractivity contribution in [1.82, 2.24) is 0 Å². The predicted octanol–water partition coefficient (Wildman–Crippen LogP) is 6.39. The second-order valence-electron chi connectivity index (χ2n) is 8.48. The quantitative estimate of drug-likeness (QED) is 0.398. The predicted molar refractivity (Wildman–Crippen MR) is 133 cm³/mol. The maximum absolute atomic E-state index is 12.5. The van der Waals surface area contributed by atoms with Crippen molar-refractivity contribution in [2.45, 2.75) is 32.1 Å². The Morgan fingerprint density at radius 3 is 2.47 bits per heavy atom. The number of thioether (sulfide) groups is 1. The van der Waals surface area contributed by atoms with Crippen molar-refractivity contribution in [1.29, 1.82) is 5.26 Å². The Kier molecular flexibility index (Phi) is 7.73. The third kappa shape index (κ3) is 6.71. The molecule has 0 aliphatic rings. The minimum atomic E-state index is -0.185. The fraction of sp³-hybridized carbons (Fsp3) is 0.240. The topological polar surface area (TPSA) is 82.0 Å². The lowest BCUT2D eigenvalue weighted by molar-refractivity contribution is -0.118. The van der Waals surface area contributed by atoms with E-state index in [1.165, 1.54) is 23.1 Å². The van der Waals surface area contributed by atoms with E-state index in [4.69, 9.17) is 0 Å². The molecule has 2 amide bonds. The molecule has 1 aromatic heterocycles. The fourth-order valence-corrected chi connectivity index (χ4v) is 4.74. The molecule has 0 radical (unpaired) electrons. The lowest BCUT2D eigenvalue weighted by Crippen LogP contribution is -2.19. The van der Waals surface area contributed by atoms with Gasteiger partial charge in [0.15, 0.2) is 0 Å². The van der Waals surface area contributed by atoms with Crippen LogP contribution in [0.15, 0.2) is 64.9 Å². The first-order valence-corrected chi connectivity index (χ1v) is 12.0. The van der Waals surface area contributed by atoms with Gasteiger partial charge in [-0.2, -0.15) is 5.26 Å². The molecule has 0 aliphatic carbocycles. The molecule has 2 aromatic carbocycles. The molecule has 3 rings (SSSR count). The van der Waals surface area contributed by atoms with Crippen LogP contribution in [0, 0.1) is 16.7 Å². The molecule has 0 fully saturated rings. The number of rotatable bonds is 7. The van der Waals surface area contributed by atoms with Crippen molar-refractivity contribution >= 4 is 45.6 Å². The number of benzene rings is 2. The summed E-state index contributed by atoms with van der Waals surface area (Å²) in [6.07, 6.45) is 0.430. The highest BCUT2D eigenvalue weighted by Crippen LogP contribution is 2.35. The molecule has 0 atom stereocenters. The van der Waals surface area contributed by atoms with Crippen LogP contribution in [-0.2, 0) is 9.59 Å². The van der Waals surface area contributed by atoms with Gasteiger partial charge in [0.25, 0.3) is 0 Å². The molecule has 0 spiro atoms. The van der Waals surface area contributed by atoms with Crippen molar-refractivity contribution in [3.63, 3.8) is 0 Å². The first-order chi connectivity index (χ1) is 15.2. The van der Waals surface area contributed by atoms with Gasteiger partial charge < -0.3 is 10.6 Å². The van der Waals surface area contributed by atoms with Crippen LogP contribution in [0.25, 0.3) is 11.1 Å². The van der Waals surface area contributed by atoms with Gasteiger partial charge >= 0.3 is 0 Å². The summed E-state index contributed by atoms with van der Waals surface area (Å²) < 4.78 is 0. The lowest BCUT2D eigenvalue weighted by Gasteiger charge is -2.17. The number of carbonyl (C=O) groups is 2. The number of nitriles is 1. The van der Waals surface area contributed by atoms with Crippen LogP contribution in [0.3, 0.4) is 0 Å². The van der Waals surface area contributed by atoms with Crippen molar-refractivity contribution in [3.05, 3.63) is 65.5 Å². The van der Waals surface area contributed by atoms with Crippen molar-refractivity contribution < 1.29 is 9.59 Å². The average Bonchev–Trinajstić information content (AvgIpc) is 3.14. The minimum absolute atomic E-state index is 0.0339. The Labute approximate surface area is 196 Å². The minimum Gasteiger partial charge on any atom is -0.326 e. The van der Waals surface area contributed by atoms with E-state index >= 15 is 0 Å². The number of anilines is 2. The van der Waals surface area contributed by atoms with E-state index in [1.807, 2.05) is 80.7 Å². The molecule has 0 aliphatic heterocycles. The van der Waals surface area contributed by atoms with Crippen molar-refractivity contribution in [3.8, 4) is 17.2 Å². The number of amides is 2. The van der Waals surface area contributed by atoms with E-state index in [0.717, 1.165) is 16.0 Å². The molecule has 2 N–H and O–H groups in total. The van der Waals surface area contributed by atoms with E-state index < -0.39 is 0 Å². The number of hydrogen-bond acceptors (Lipinski definition) is 5. The molecule has 0 saturated heterocycles. The first kappa shape index (κ1) is 23.6. The summed E-state index contributed by atoms with van der Waals surface area (Å²) in [6.45, 7) is 6.06. The van der Waals surface area contributed by atoms with Crippen LogP contribution < -0.4 is 10.6 Å². The van der Waals surface area contributed by atoms with Crippen LogP contribution in [-0.4, -0.2) is 17.6 Å². The molecule has 164 valence electrons. The molecule has 3 aromatic rings. The summed E-state index contributed by atoms with van der Waals surface area (Å²) in [6, 6.07) is 19.3. The number of thiophene rings is 1. The van der Waals surface area contributed by atoms with Gasteiger partial charge in [0.2, 0.25) is 11.8 Å². The molecule has 7 heteroatoms. The van der Waals surface area contributed by atoms with Gasteiger partial charge in [-0.1, -0.05) is 57.2 Å². The third-order valence-electron chi connectivity index (χ3n) is 4.42. The molecular weight excluding hydrogens is 438 g/mol. The smallest absolute Gasteiger partial charge is 0.235 e. The first-order valence-electron chi connectivity index (χ1n) is 10.1. The second kappa shape index (κ2) is 10.5. The molecular formula is C25H25N3O2S2. The lowest BCUT2D eigenvalue weighted by atomic mass is 9.92. The summed E-state index contributed by atoms with van der Waals surface area (Å²) in [4.78, 5) is 25.6. The Morgan fingerprint density at radius 2 is 1.78 bits per heavy atom. The standard InChI is InChI=1S/C25H25N3O2S2/c1-25(2,3)13-22(29)27-18-10-7-11-19(12-18)31-16-23(30)28-24-20(14-26)21(15-32-24)17-8-5-4-6-9-17/h4-12,15H,13,16H2,1-3H3,(H,27,29)(H,28,30). The highest BCUT2D eigenvalue weighted by molar-refractivity contribution is 8.00. The zero-order valence-electron chi connectivity index (χ0n) is 18.3. The molecule has 32 heavy (non-hydrogen) atoms. The van der Waals surface area contributed by atoms with Gasteiger partial charge in [0.1, 0.15) is 11.1 Å². The average molecular weight is 464 g/mol. The Morgan fingerprint density at radius 1 is 1.03 bits per heavy atom. The van der Waals surface area contributed by atoms with Crippen LogP contribution in [0.2, 0.25) is 0 Å². The number of nitrogens with zero attached hydrogens (tertiary/aromatic N) is 1. The number of hydrogen-bond donors (Lipinski definition) is 2. The Hall–Kier alpha value is -3.08. The van der Waals surface area contributed by atoms with Gasteiger partial charge in [0.05, 0.1) is 11.3 Å². The summed E-state index contributed by atoms with van der Waals surface area (Å²) in [5.74, 6) is -0.0218. The van der Waals surface area contributed by atoms with Crippen LogP contribution in [0.1, 0.15) is 32.8 Å². The highest BCUT2D eigenvalue weighted by atomic mass is 32.2. The van der Waals surface area contributed by atoms with Crippen LogP contribution in [0.4, 0.5) is 10.7 Å². The summed E-state index contributed by atoms with van der Waals surface area (Å²) in [5.41, 5.74) is 2.87. The monoisotopic (exact) mass is 463 g/mol. The van der Waals surface area contributed by atoms with Crippen LogP contribution >= 0.6 is 23.1 Å². The number of carbonyl (C=O) groups excluding carboxylic acids is 2. The third-order valence-corrected chi connectivity index (χ3v) is 6.31. The molecule has 0 saturated carbocycles. The van der Waals surface area contributed by atoms with Gasteiger partial charge in [-0.3, -0.25) is 9.59 Å². The Bertz CT molecular complexity index is 1140. The highest BCUT2D eigenvalue weighted by Gasteiger charge is 2.17. The summed E-state index contributed by atoms with van der Waals surface area (Å²) in [5, 5.41) is 17.8.